The van der Waals surface area contributed by atoms with E-state index in [4.69, 9.17) is 16.3 Å². The molecule has 1 N–H and O–H groups in total. The maximum atomic E-state index is 10.2. The fraction of sp³-hybridized carbons (Fsp3) is 0.438. The zero-order valence-electron chi connectivity index (χ0n) is 12.4. The molecule has 5 heteroatoms. The highest BCUT2D eigenvalue weighted by Gasteiger charge is 2.18. The van der Waals surface area contributed by atoms with Crippen LogP contribution in [0.25, 0.3) is 0 Å². The summed E-state index contributed by atoms with van der Waals surface area (Å²) >= 11 is 6.33. The van der Waals surface area contributed by atoms with E-state index in [0.717, 1.165) is 30.1 Å². The molecule has 0 saturated heterocycles. The van der Waals surface area contributed by atoms with Gasteiger partial charge in [-0.15, -0.1) is 0 Å². The molecule has 2 aromatic rings. The molecule has 0 saturated carbocycles. The van der Waals surface area contributed by atoms with Gasteiger partial charge in [0.25, 0.3) is 0 Å². The smallest absolute Gasteiger partial charge is 0.119 e. The number of hydrogen-bond donors (Lipinski definition) is 1. The average Bonchev–Trinajstić information content (AvgIpc) is 2.82. The second-order valence-corrected chi connectivity index (χ2v) is 5.24. The number of nitrogens with zero attached hydrogens (tertiary/aromatic N) is 2. The fourth-order valence-electron chi connectivity index (χ4n) is 2.20. The van der Waals surface area contributed by atoms with Crippen molar-refractivity contribution in [3.05, 3.63) is 46.7 Å². The van der Waals surface area contributed by atoms with Crippen molar-refractivity contribution in [1.82, 2.24) is 9.78 Å². The highest BCUT2D eigenvalue weighted by atomic mass is 35.5. The monoisotopic (exact) mass is 308 g/mol. The molecule has 114 valence electrons. The number of aliphatic hydroxyl groups excluding tert-OH is 1. The zero-order valence-corrected chi connectivity index (χ0v) is 13.2. The molecule has 1 unspecified atom stereocenters. The van der Waals surface area contributed by atoms with E-state index in [1.807, 2.05) is 48.9 Å². The summed E-state index contributed by atoms with van der Waals surface area (Å²) in [6.07, 6.45) is 0.608. The SMILES string of the molecule is CCc1nn(CC)c(CC(O)COc2ccccc2)c1Cl. The molecule has 0 fully saturated rings. The minimum atomic E-state index is -0.616. The van der Waals surface area contributed by atoms with Gasteiger partial charge in [-0.3, -0.25) is 4.68 Å². The maximum Gasteiger partial charge on any atom is 0.119 e. The Balaban J connectivity index is 1.99. The summed E-state index contributed by atoms with van der Waals surface area (Å²) in [6.45, 7) is 5.00. The Morgan fingerprint density at radius 3 is 2.62 bits per heavy atom. The minimum Gasteiger partial charge on any atom is -0.491 e. The van der Waals surface area contributed by atoms with Gasteiger partial charge in [0, 0.05) is 13.0 Å². The first kappa shape index (κ1) is 15.9. The summed E-state index contributed by atoms with van der Waals surface area (Å²) in [5.74, 6) is 0.751. The van der Waals surface area contributed by atoms with Crippen molar-refractivity contribution in [2.75, 3.05) is 6.61 Å². The Hall–Kier alpha value is -1.52. The maximum absolute atomic E-state index is 10.2. The summed E-state index contributed by atoms with van der Waals surface area (Å²) in [4.78, 5) is 0. The standard InChI is InChI=1S/C16H21ClN2O2/c1-3-14-16(17)15(19(4-2)18-14)10-12(20)11-21-13-8-6-5-7-9-13/h5-9,12,20H,3-4,10-11H2,1-2H3. The van der Waals surface area contributed by atoms with Gasteiger partial charge in [0.05, 0.1) is 22.5 Å². The normalized spacial score (nSPS) is 12.4. The first-order chi connectivity index (χ1) is 10.2. The average molecular weight is 309 g/mol. The highest BCUT2D eigenvalue weighted by molar-refractivity contribution is 6.31. The Morgan fingerprint density at radius 2 is 2.00 bits per heavy atom. The molecule has 0 amide bonds. The molecule has 4 nitrogen and oxygen atoms in total. The minimum absolute atomic E-state index is 0.233. The highest BCUT2D eigenvalue weighted by Crippen LogP contribution is 2.23. The predicted molar refractivity (Wildman–Crippen MR) is 83.9 cm³/mol. The lowest BCUT2D eigenvalue weighted by Crippen LogP contribution is -2.22. The van der Waals surface area contributed by atoms with Crippen molar-refractivity contribution in [3.8, 4) is 5.75 Å². The van der Waals surface area contributed by atoms with Crippen molar-refractivity contribution in [2.45, 2.75) is 39.3 Å². The summed E-state index contributed by atoms with van der Waals surface area (Å²) in [7, 11) is 0. The van der Waals surface area contributed by atoms with E-state index in [1.54, 1.807) is 0 Å². The molecule has 1 aromatic heterocycles. The van der Waals surface area contributed by atoms with Crippen LogP contribution in [0.15, 0.2) is 30.3 Å². The summed E-state index contributed by atoms with van der Waals surface area (Å²) in [5, 5.41) is 15.3. The Labute approximate surface area is 130 Å². The van der Waals surface area contributed by atoms with Crippen LogP contribution >= 0.6 is 11.6 Å². The molecule has 2 rings (SSSR count). The molecule has 0 spiro atoms. The topological polar surface area (TPSA) is 47.3 Å². The van der Waals surface area contributed by atoms with Gasteiger partial charge in [-0.05, 0) is 25.5 Å². The summed E-state index contributed by atoms with van der Waals surface area (Å²) in [6, 6.07) is 9.46. The third-order valence-electron chi connectivity index (χ3n) is 3.31. The van der Waals surface area contributed by atoms with Gasteiger partial charge >= 0.3 is 0 Å². The van der Waals surface area contributed by atoms with Crippen LogP contribution in [-0.4, -0.2) is 27.6 Å². The molecule has 1 aromatic carbocycles. The lowest BCUT2D eigenvalue weighted by atomic mass is 10.2. The van der Waals surface area contributed by atoms with Crippen molar-refractivity contribution < 1.29 is 9.84 Å². The number of para-hydroxylation sites is 1. The van der Waals surface area contributed by atoms with Crippen molar-refractivity contribution in [1.29, 1.82) is 0 Å². The van der Waals surface area contributed by atoms with E-state index in [9.17, 15) is 5.11 Å². The number of aromatic nitrogens is 2. The van der Waals surface area contributed by atoms with Gasteiger partial charge in [-0.25, -0.2) is 0 Å². The predicted octanol–water partition coefficient (Wildman–Crippen LogP) is 3.10. The third kappa shape index (κ3) is 3.99. The largest absolute Gasteiger partial charge is 0.491 e. The second kappa shape index (κ2) is 7.48. The van der Waals surface area contributed by atoms with Crippen LogP contribution in [0, 0.1) is 0 Å². The van der Waals surface area contributed by atoms with Crippen LogP contribution in [0.1, 0.15) is 25.2 Å². The van der Waals surface area contributed by atoms with E-state index < -0.39 is 6.10 Å². The second-order valence-electron chi connectivity index (χ2n) is 4.86. The van der Waals surface area contributed by atoms with Crippen LogP contribution in [0.3, 0.4) is 0 Å². The quantitative estimate of drug-likeness (QED) is 0.855. The van der Waals surface area contributed by atoms with Gasteiger partial charge in [0.1, 0.15) is 12.4 Å². The van der Waals surface area contributed by atoms with Crippen LogP contribution in [0.2, 0.25) is 5.02 Å². The van der Waals surface area contributed by atoms with Crippen molar-refractivity contribution in [3.63, 3.8) is 0 Å². The lowest BCUT2D eigenvalue weighted by Gasteiger charge is -2.13. The van der Waals surface area contributed by atoms with Crippen LogP contribution in [0.4, 0.5) is 0 Å². The Bertz CT molecular complexity index is 569. The van der Waals surface area contributed by atoms with Crippen molar-refractivity contribution >= 4 is 11.6 Å². The van der Waals surface area contributed by atoms with E-state index in [-0.39, 0.29) is 6.61 Å². The number of ether oxygens (including phenoxy) is 1. The van der Waals surface area contributed by atoms with Gasteiger partial charge in [0.2, 0.25) is 0 Å². The van der Waals surface area contributed by atoms with Crippen LogP contribution in [0.5, 0.6) is 5.75 Å². The Kier molecular flexibility index (Phi) is 5.65. The van der Waals surface area contributed by atoms with Crippen LogP contribution < -0.4 is 4.74 Å². The number of halogens is 1. The molecular formula is C16H21ClN2O2. The molecular weight excluding hydrogens is 288 g/mol. The molecule has 1 heterocycles. The Morgan fingerprint density at radius 1 is 1.29 bits per heavy atom. The van der Waals surface area contributed by atoms with Crippen molar-refractivity contribution in [2.24, 2.45) is 0 Å². The van der Waals surface area contributed by atoms with Gasteiger partial charge in [0.15, 0.2) is 0 Å². The lowest BCUT2D eigenvalue weighted by molar-refractivity contribution is 0.106. The third-order valence-corrected chi connectivity index (χ3v) is 3.75. The van der Waals surface area contributed by atoms with E-state index >= 15 is 0 Å². The summed E-state index contributed by atoms with van der Waals surface area (Å²) < 4.78 is 7.42. The zero-order chi connectivity index (χ0) is 15.2. The molecule has 21 heavy (non-hydrogen) atoms. The fourth-order valence-corrected chi connectivity index (χ4v) is 2.55. The number of aliphatic hydroxyl groups is 1. The molecule has 1 atom stereocenters. The van der Waals surface area contributed by atoms with Gasteiger partial charge in [-0.2, -0.15) is 5.10 Å². The first-order valence-corrected chi connectivity index (χ1v) is 7.63. The van der Waals surface area contributed by atoms with Gasteiger partial charge < -0.3 is 9.84 Å². The van der Waals surface area contributed by atoms with Crippen LogP contribution in [-0.2, 0) is 19.4 Å². The molecule has 0 bridgehead atoms. The first-order valence-electron chi connectivity index (χ1n) is 7.25. The van der Waals surface area contributed by atoms with E-state index in [1.165, 1.54) is 0 Å². The number of rotatable bonds is 7. The summed E-state index contributed by atoms with van der Waals surface area (Å²) in [5.41, 5.74) is 1.75. The molecule has 0 aliphatic carbocycles. The number of benzene rings is 1. The van der Waals surface area contributed by atoms with E-state index in [2.05, 4.69) is 5.10 Å². The number of aryl methyl sites for hydroxylation is 2. The molecule has 0 radical (unpaired) electrons. The van der Waals surface area contributed by atoms with E-state index in [0.29, 0.717) is 11.4 Å². The molecule has 0 aliphatic heterocycles. The number of hydrogen-bond acceptors (Lipinski definition) is 3. The molecule has 0 aliphatic rings. The van der Waals surface area contributed by atoms with Gasteiger partial charge in [-0.1, -0.05) is 36.7 Å².